The van der Waals surface area contributed by atoms with E-state index in [-0.39, 0.29) is 29.0 Å². The molecule has 0 bridgehead atoms. The molecular formula is C18H15N5O4. The molecule has 2 amide bonds. The maximum Gasteiger partial charge on any atom is 0.361 e. The van der Waals surface area contributed by atoms with Gasteiger partial charge in [0, 0.05) is 34.7 Å². The predicted octanol–water partition coefficient (Wildman–Crippen LogP) is 3.32. The summed E-state index contributed by atoms with van der Waals surface area (Å²) >= 11 is 0. The molecule has 0 radical (unpaired) electrons. The molecule has 9 nitrogen and oxygen atoms in total. The first kappa shape index (κ1) is 17.0. The lowest BCUT2D eigenvalue weighted by Crippen LogP contribution is -2.41. The van der Waals surface area contributed by atoms with E-state index in [2.05, 4.69) is 15.0 Å². The van der Waals surface area contributed by atoms with Crippen LogP contribution in [0, 0.1) is 11.8 Å². The van der Waals surface area contributed by atoms with E-state index in [4.69, 9.17) is 9.95 Å². The Morgan fingerprint density at radius 1 is 1.22 bits per heavy atom. The van der Waals surface area contributed by atoms with Crippen LogP contribution < -0.4 is 10.5 Å². The Kier molecular flexibility index (Phi) is 4.21. The van der Waals surface area contributed by atoms with Crippen LogP contribution in [0.4, 0.5) is 11.4 Å². The van der Waals surface area contributed by atoms with Crippen LogP contribution in [-0.4, -0.2) is 16.8 Å². The molecule has 0 unspecified atom stereocenters. The Morgan fingerprint density at radius 3 is 2.41 bits per heavy atom. The van der Waals surface area contributed by atoms with Gasteiger partial charge in [-0.15, -0.1) is 0 Å². The molecule has 2 aromatic heterocycles. The summed E-state index contributed by atoms with van der Waals surface area (Å²) in [4.78, 5) is 45.8. The predicted molar refractivity (Wildman–Crippen MR) is 95.0 cm³/mol. The van der Waals surface area contributed by atoms with E-state index in [0.29, 0.717) is 31.2 Å². The highest BCUT2D eigenvalue weighted by molar-refractivity contribution is 6.18. The van der Waals surface area contributed by atoms with Gasteiger partial charge in [-0.25, -0.2) is 9.69 Å². The molecule has 2 saturated carbocycles. The van der Waals surface area contributed by atoms with Crippen molar-refractivity contribution in [3.8, 4) is 11.3 Å². The quantitative estimate of drug-likeness (QED) is 0.347. The fourth-order valence-corrected chi connectivity index (χ4v) is 2.81. The Morgan fingerprint density at radius 2 is 1.89 bits per heavy atom. The molecule has 0 spiro atoms. The lowest BCUT2D eigenvalue weighted by Gasteiger charge is -2.21. The van der Waals surface area contributed by atoms with E-state index in [1.54, 1.807) is 18.3 Å². The van der Waals surface area contributed by atoms with Crippen molar-refractivity contribution in [3.05, 3.63) is 51.5 Å². The second kappa shape index (κ2) is 6.69. The van der Waals surface area contributed by atoms with E-state index >= 15 is 0 Å². The molecule has 2 heterocycles. The van der Waals surface area contributed by atoms with E-state index in [0.717, 1.165) is 4.90 Å². The Hall–Kier alpha value is -3.45. The largest absolute Gasteiger partial charge is 0.421 e. The van der Waals surface area contributed by atoms with Crippen molar-refractivity contribution in [1.29, 1.82) is 0 Å². The van der Waals surface area contributed by atoms with Crippen molar-refractivity contribution in [2.24, 2.45) is 17.0 Å². The first-order valence-electron chi connectivity index (χ1n) is 8.61. The van der Waals surface area contributed by atoms with Gasteiger partial charge in [0.05, 0.1) is 5.69 Å². The van der Waals surface area contributed by atoms with Crippen molar-refractivity contribution in [2.45, 2.75) is 25.7 Å². The number of carbonyl (C=O) groups is 2. The molecule has 0 saturated heterocycles. The fourth-order valence-electron chi connectivity index (χ4n) is 2.81. The van der Waals surface area contributed by atoms with Crippen molar-refractivity contribution >= 4 is 23.2 Å². The molecule has 27 heavy (non-hydrogen) atoms. The van der Waals surface area contributed by atoms with E-state index < -0.39 is 17.4 Å². The molecule has 0 N–H and O–H groups in total. The zero-order valence-corrected chi connectivity index (χ0v) is 14.2. The molecule has 4 rings (SSSR count). The molecule has 0 aliphatic heterocycles. The van der Waals surface area contributed by atoms with E-state index in [9.17, 15) is 14.4 Å². The minimum absolute atomic E-state index is 0.115. The minimum Gasteiger partial charge on any atom is -0.421 e. The molecule has 2 fully saturated rings. The SMILES string of the molecule is [N-]=[N+]=Nc1cc(-c2cccnc2)oc(=O)c1N(C(=O)C1CC1)C(=O)C1CC1. The summed E-state index contributed by atoms with van der Waals surface area (Å²) in [6.07, 6.45) is 5.73. The average Bonchev–Trinajstić information content (AvgIpc) is 3.57. The Bertz CT molecular complexity index is 994. The lowest BCUT2D eigenvalue weighted by molar-refractivity contribution is -0.127. The molecular weight excluding hydrogens is 350 g/mol. The number of amides is 2. The molecule has 0 aromatic carbocycles. The van der Waals surface area contributed by atoms with Crippen LogP contribution in [0.25, 0.3) is 21.8 Å². The second-order valence-corrected chi connectivity index (χ2v) is 6.62. The summed E-state index contributed by atoms with van der Waals surface area (Å²) < 4.78 is 5.34. The summed E-state index contributed by atoms with van der Waals surface area (Å²) in [5.74, 6) is -1.32. The maximum absolute atomic E-state index is 12.7. The number of hydrogen-bond acceptors (Lipinski definition) is 6. The van der Waals surface area contributed by atoms with Gasteiger partial charge >= 0.3 is 5.63 Å². The van der Waals surface area contributed by atoms with Gasteiger partial charge in [0.15, 0.2) is 0 Å². The third kappa shape index (κ3) is 3.32. The summed E-state index contributed by atoms with van der Waals surface area (Å²) in [6, 6.07) is 4.68. The van der Waals surface area contributed by atoms with E-state index in [1.807, 2.05) is 0 Å². The number of hydrogen-bond donors (Lipinski definition) is 0. The maximum atomic E-state index is 12.7. The number of nitrogens with zero attached hydrogens (tertiary/aromatic N) is 5. The third-order valence-corrected chi connectivity index (χ3v) is 4.52. The molecule has 2 aliphatic rings. The summed E-state index contributed by atoms with van der Waals surface area (Å²) in [5.41, 5.74) is 8.10. The van der Waals surface area contributed by atoms with Gasteiger partial charge in [0.25, 0.3) is 0 Å². The topological polar surface area (TPSA) is 129 Å². The number of pyridine rings is 1. The van der Waals surface area contributed by atoms with Crippen LogP contribution in [0.2, 0.25) is 0 Å². The highest BCUT2D eigenvalue weighted by Gasteiger charge is 2.44. The zero-order chi connectivity index (χ0) is 19.0. The average molecular weight is 365 g/mol. The normalized spacial score (nSPS) is 15.7. The first-order valence-corrected chi connectivity index (χ1v) is 8.61. The number of carbonyl (C=O) groups excluding carboxylic acids is 2. The van der Waals surface area contributed by atoms with Crippen molar-refractivity contribution in [3.63, 3.8) is 0 Å². The van der Waals surface area contributed by atoms with Gasteiger partial charge in [-0.3, -0.25) is 14.6 Å². The number of rotatable bonds is 5. The summed E-state index contributed by atoms with van der Waals surface area (Å²) in [5, 5.41) is 3.55. The third-order valence-electron chi connectivity index (χ3n) is 4.52. The fraction of sp³-hybridized carbons (Fsp3) is 0.333. The van der Waals surface area contributed by atoms with Gasteiger partial charge in [0.1, 0.15) is 11.4 Å². The van der Waals surface area contributed by atoms with Crippen LogP contribution in [0.3, 0.4) is 0 Å². The highest BCUT2D eigenvalue weighted by Crippen LogP contribution is 2.40. The van der Waals surface area contributed by atoms with Crippen LogP contribution in [0.5, 0.6) is 0 Å². The van der Waals surface area contributed by atoms with Crippen molar-refractivity contribution in [2.75, 3.05) is 4.90 Å². The van der Waals surface area contributed by atoms with Crippen molar-refractivity contribution < 1.29 is 14.0 Å². The number of azide groups is 1. The number of imide groups is 1. The standard InChI is InChI=1S/C18H15N5O4/c19-22-21-13-8-14(12-2-1-7-20-9-12)27-18(26)15(13)23(16(24)10-3-4-10)17(25)11-5-6-11/h1-2,7-11H,3-6H2. The smallest absolute Gasteiger partial charge is 0.361 e. The number of aromatic nitrogens is 1. The van der Waals surface area contributed by atoms with E-state index in [1.165, 1.54) is 12.3 Å². The Labute approximate surface area is 153 Å². The summed E-state index contributed by atoms with van der Waals surface area (Å²) in [7, 11) is 0. The minimum atomic E-state index is -0.901. The van der Waals surface area contributed by atoms with Crippen molar-refractivity contribution in [1.82, 2.24) is 4.98 Å². The molecule has 9 heteroatoms. The van der Waals surface area contributed by atoms with Crippen LogP contribution in [-0.2, 0) is 9.59 Å². The van der Waals surface area contributed by atoms with Crippen LogP contribution in [0.1, 0.15) is 25.7 Å². The molecule has 0 atom stereocenters. The Balaban J connectivity index is 1.86. The second-order valence-electron chi connectivity index (χ2n) is 6.62. The molecule has 136 valence electrons. The van der Waals surface area contributed by atoms with Crippen LogP contribution in [0.15, 0.2) is 44.9 Å². The van der Waals surface area contributed by atoms with Gasteiger partial charge < -0.3 is 4.42 Å². The van der Waals surface area contributed by atoms with Gasteiger partial charge in [-0.2, -0.15) is 0 Å². The van der Waals surface area contributed by atoms with Gasteiger partial charge in [-0.1, -0.05) is 5.11 Å². The van der Waals surface area contributed by atoms with Gasteiger partial charge in [-0.05, 0) is 49.4 Å². The zero-order valence-electron chi connectivity index (χ0n) is 14.2. The first-order chi connectivity index (χ1) is 13.1. The summed E-state index contributed by atoms with van der Waals surface area (Å²) in [6.45, 7) is 0. The monoisotopic (exact) mass is 365 g/mol. The molecule has 2 aliphatic carbocycles. The highest BCUT2D eigenvalue weighted by atomic mass is 16.4. The van der Waals surface area contributed by atoms with Crippen LogP contribution >= 0.6 is 0 Å². The number of anilines is 1. The van der Waals surface area contributed by atoms with Gasteiger partial charge in [0.2, 0.25) is 11.8 Å². The molecule has 2 aromatic rings. The lowest BCUT2D eigenvalue weighted by atomic mass is 10.1.